The van der Waals surface area contributed by atoms with Crippen LogP contribution in [0.5, 0.6) is 0 Å². The maximum absolute atomic E-state index is 5.45. The molecule has 1 fully saturated rings. The van der Waals surface area contributed by atoms with Gasteiger partial charge in [-0.3, -0.25) is 4.98 Å². The van der Waals surface area contributed by atoms with E-state index in [2.05, 4.69) is 23.3 Å². The minimum Gasteiger partial charge on any atom is -0.381 e. The van der Waals surface area contributed by atoms with Crippen LogP contribution in [0.3, 0.4) is 0 Å². The van der Waals surface area contributed by atoms with Crippen molar-refractivity contribution >= 4 is 0 Å². The fourth-order valence-electron chi connectivity index (χ4n) is 2.31. The SMILES string of the molecule is CNC(Cc1ncccc1C)C1CCOC1. The summed E-state index contributed by atoms with van der Waals surface area (Å²) in [4.78, 5) is 4.46. The lowest BCUT2D eigenvalue weighted by Gasteiger charge is -2.22. The Morgan fingerprint density at radius 1 is 1.62 bits per heavy atom. The van der Waals surface area contributed by atoms with Gasteiger partial charge in [0, 0.05) is 36.9 Å². The van der Waals surface area contributed by atoms with E-state index in [9.17, 15) is 0 Å². The number of nitrogens with one attached hydrogen (secondary N) is 1. The van der Waals surface area contributed by atoms with E-state index in [1.54, 1.807) is 0 Å². The van der Waals surface area contributed by atoms with Crippen molar-refractivity contribution in [3.05, 3.63) is 29.6 Å². The first-order valence-electron chi connectivity index (χ1n) is 5.96. The first kappa shape index (κ1) is 11.6. The molecule has 0 bridgehead atoms. The van der Waals surface area contributed by atoms with E-state index in [-0.39, 0.29) is 0 Å². The molecule has 2 heterocycles. The molecule has 1 N–H and O–H groups in total. The summed E-state index contributed by atoms with van der Waals surface area (Å²) < 4.78 is 5.45. The summed E-state index contributed by atoms with van der Waals surface area (Å²) in [6.45, 7) is 3.92. The standard InChI is InChI=1S/C13H20N2O/c1-10-4-3-6-15-12(10)8-13(14-2)11-5-7-16-9-11/h3-4,6,11,13-14H,5,7-9H2,1-2H3. The molecule has 1 aromatic heterocycles. The maximum Gasteiger partial charge on any atom is 0.0510 e. The molecule has 2 unspecified atom stereocenters. The second-order valence-electron chi connectivity index (χ2n) is 4.49. The van der Waals surface area contributed by atoms with Crippen molar-refractivity contribution in [3.8, 4) is 0 Å². The van der Waals surface area contributed by atoms with Crippen molar-refractivity contribution in [2.45, 2.75) is 25.8 Å². The van der Waals surface area contributed by atoms with Gasteiger partial charge < -0.3 is 10.1 Å². The summed E-state index contributed by atoms with van der Waals surface area (Å²) in [6, 6.07) is 4.60. The molecule has 0 aromatic carbocycles. The van der Waals surface area contributed by atoms with Crippen molar-refractivity contribution in [2.24, 2.45) is 5.92 Å². The Labute approximate surface area is 97.2 Å². The van der Waals surface area contributed by atoms with Gasteiger partial charge in [-0.2, -0.15) is 0 Å². The average molecular weight is 220 g/mol. The average Bonchev–Trinajstić information content (AvgIpc) is 2.81. The molecule has 16 heavy (non-hydrogen) atoms. The number of likely N-dealkylation sites (N-methyl/N-ethyl adjacent to an activating group) is 1. The highest BCUT2D eigenvalue weighted by Crippen LogP contribution is 2.20. The Morgan fingerprint density at radius 2 is 2.50 bits per heavy atom. The fourth-order valence-corrected chi connectivity index (χ4v) is 2.31. The van der Waals surface area contributed by atoms with Crippen LogP contribution >= 0.6 is 0 Å². The molecule has 3 nitrogen and oxygen atoms in total. The summed E-state index contributed by atoms with van der Waals surface area (Å²) in [5.74, 6) is 0.631. The van der Waals surface area contributed by atoms with Gasteiger partial charge in [0.2, 0.25) is 0 Å². The third-order valence-corrected chi connectivity index (χ3v) is 3.44. The van der Waals surface area contributed by atoms with Crippen LogP contribution in [-0.2, 0) is 11.2 Å². The molecule has 0 saturated carbocycles. The van der Waals surface area contributed by atoms with Crippen LogP contribution in [0.4, 0.5) is 0 Å². The molecule has 0 amide bonds. The zero-order chi connectivity index (χ0) is 11.4. The molecule has 3 heteroatoms. The molecule has 2 atom stereocenters. The van der Waals surface area contributed by atoms with E-state index < -0.39 is 0 Å². The second kappa shape index (κ2) is 5.41. The Kier molecular flexibility index (Phi) is 3.91. The number of aromatic nitrogens is 1. The summed E-state index contributed by atoms with van der Waals surface area (Å²) in [5, 5.41) is 3.40. The third kappa shape index (κ3) is 2.60. The Morgan fingerprint density at radius 3 is 3.12 bits per heavy atom. The molecule has 0 spiro atoms. The number of pyridine rings is 1. The van der Waals surface area contributed by atoms with E-state index >= 15 is 0 Å². The molecule has 0 radical (unpaired) electrons. The molecular formula is C13H20N2O. The highest BCUT2D eigenvalue weighted by atomic mass is 16.5. The Bertz CT molecular complexity index is 334. The largest absolute Gasteiger partial charge is 0.381 e. The quantitative estimate of drug-likeness (QED) is 0.836. The highest BCUT2D eigenvalue weighted by molar-refractivity contribution is 5.18. The zero-order valence-corrected chi connectivity index (χ0v) is 10.1. The summed E-state index contributed by atoms with van der Waals surface area (Å²) in [5.41, 5.74) is 2.48. The first-order chi connectivity index (χ1) is 7.81. The molecule has 1 aromatic rings. The highest BCUT2D eigenvalue weighted by Gasteiger charge is 2.25. The minimum absolute atomic E-state index is 0.483. The monoisotopic (exact) mass is 220 g/mol. The van der Waals surface area contributed by atoms with E-state index in [0.717, 1.165) is 26.1 Å². The lowest BCUT2D eigenvalue weighted by atomic mass is 9.94. The summed E-state index contributed by atoms with van der Waals surface area (Å²) in [6.07, 6.45) is 4.04. The Hall–Kier alpha value is -0.930. The van der Waals surface area contributed by atoms with E-state index in [1.165, 1.54) is 11.3 Å². The van der Waals surface area contributed by atoms with E-state index in [0.29, 0.717) is 12.0 Å². The van der Waals surface area contributed by atoms with Crippen molar-refractivity contribution in [3.63, 3.8) is 0 Å². The smallest absolute Gasteiger partial charge is 0.0510 e. The van der Waals surface area contributed by atoms with E-state index in [4.69, 9.17) is 4.74 Å². The molecule has 1 aliphatic rings. The number of hydrogen-bond acceptors (Lipinski definition) is 3. The van der Waals surface area contributed by atoms with Crippen LogP contribution < -0.4 is 5.32 Å². The number of rotatable bonds is 4. The number of hydrogen-bond donors (Lipinski definition) is 1. The van der Waals surface area contributed by atoms with Crippen LogP contribution in [0, 0.1) is 12.8 Å². The molecule has 1 saturated heterocycles. The van der Waals surface area contributed by atoms with Gasteiger partial charge >= 0.3 is 0 Å². The van der Waals surface area contributed by atoms with Crippen molar-refractivity contribution in [2.75, 3.05) is 20.3 Å². The van der Waals surface area contributed by atoms with Crippen molar-refractivity contribution in [1.82, 2.24) is 10.3 Å². The van der Waals surface area contributed by atoms with Gasteiger partial charge in [-0.15, -0.1) is 0 Å². The van der Waals surface area contributed by atoms with Gasteiger partial charge in [0.25, 0.3) is 0 Å². The summed E-state index contributed by atoms with van der Waals surface area (Å²) >= 11 is 0. The minimum atomic E-state index is 0.483. The molecule has 0 aliphatic carbocycles. The first-order valence-corrected chi connectivity index (χ1v) is 5.96. The van der Waals surface area contributed by atoms with Gasteiger partial charge in [-0.05, 0) is 32.0 Å². The zero-order valence-electron chi connectivity index (χ0n) is 10.1. The normalized spacial score (nSPS) is 22.2. The van der Waals surface area contributed by atoms with Crippen LogP contribution in [0.25, 0.3) is 0 Å². The third-order valence-electron chi connectivity index (χ3n) is 3.44. The molecule has 1 aliphatic heterocycles. The van der Waals surface area contributed by atoms with Crippen molar-refractivity contribution in [1.29, 1.82) is 0 Å². The topological polar surface area (TPSA) is 34.2 Å². The maximum atomic E-state index is 5.45. The lowest BCUT2D eigenvalue weighted by Crippen LogP contribution is -2.36. The van der Waals surface area contributed by atoms with Gasteiger partial charge in [-0.25, -0.2) is 0 Å². The predicted octanol–water partition coefficient (Wildman–Crippen LogP) is 1.56. The summed E-state index contributed by atoms with van der Waals surface area (Å²) in [7, 11) is 2.03. The number of nitrogens with zero attached hydrogens (tertiary/aromatic N) is 1. The van der Waals surface area contributed by atoms with Gasteiger partial charge in [0.1, 0.15) is 0 Å². The Balaban J connectivity index is 2.03. The number of aryl methyl sites for hydroxylation is 1. The van der Waals surface area contributed by atoms with Crippen LogP contribution in [-0.4, -0.2) is 31.3 Å². The van der Waals surface area contributed by atoms with Crippen LogP contribution in [0.1, 0.15) is 17.7 Å². The van der Waals surface area contributed by atoms with Crippen LogP contribution in [0.15, 0.2) is 18.3 Å². The van der Waals surface area contributed by atoms with Gasteiger partial charge in [0.15, 0.2) is 0 Å². The molecule has 2 rings (SSSR count). The van der Waals surface area contributed by atoms with Crippen LogP contribution in [0.2, 0.25) is 0 Å². The fraction of sp³-hybridized carbons (Fsp3) is 0.615. The molecule has 88 valence electrons. The number of ether oxygens (including phenoxy) is 1. The lowest BCUT2D eigenvalue weighted by molar-refractivity contribution is 0.177. The van der Waals surface area contributed by atoms with Crippen molar-refractivity contribution < 1.29 is 4.74 Å². The van der Waals surface area contributed by atoms with Gasteiger partial charge in [0.05, 0.1) is 6.61 Å². The van der Waals surface area contributed by atoms with Gasteiger partial charge in [-0.1, -0.05) is 6.07 Å². The molecular weight excluding hydrogens is 200 g/mol. The predicted molar refractivity (Wildman–Crippen MR) is 64.5 cm³/mol. The second-order valence-corrected chi connectivity index (χ2v) is 4.49. The van der Waals surface area contributed by atoms with E-state index in [1.807, 2.05) is 19.3 Å².